The Balaban J connectivity index is 2.04. The Hall–Kier alpha value is -1.62. The van der Waals surface area contributed by atoms with Crippen molar-refractivity contribution in [3.8, 4) is 0 Å². The van der Waals surface area contributed by atoms with Crippen LogP contribution < -0.4 is 0 Å². The fraction of sp³-hybridized carbons (Fsp3) is 0.200. The van der Waals surface area contributed by atoms with Crippen molar-refractivity contribution in [2.75, 3.05) is 0 Å². The molecule has 2 aromatic heterocycles. The zero-order chi connectivity index (χ0) is 10.7. The second-order valence-electron chi connectivity index (χ2n) is 3.05. The molecule has 0 saturated carbocycles. The number of aromatic nitrogens is 1. The molecule has 0 unspecified atom stereocenters. The molecule has 0 aliphatic heterocycles. The minimum absolute atomic E-state index is 0.114. The molecule has 0 spiro atoms. The van der Waals surface area contributed by atoms with Gasteiger partial charge in [-0.05, 0) is 11.4 Å². The Morgan fingerprint density at radius 3 is 3.13 bits per heavy atom. The Morgan fingerprint density at radius 2 is 2.47 bits per heavy atom. The highest BCUT2D eigenvalue weighted by atomic mass is 32.1. The molecule has 2 aromatic rings. The average molecular weight is 223 g/mol. The van der Waals surface area contributed by atoms with Crippen LogP contribution in [0, 0.1) is 0 Å². The van der Waals surface area contributed by atoms with Gasteiger partial charge in [-0.3, -0.25) is 4.79 Å². The summed E-state index contributed by atoms with van der Waals surface area (Å²) >= 11 is 1.62. The molecule has 0 fully saturated rings. The zero-order valence-electron chi connectivity index (χ0n) is 7.84. The van der Waals surface area contributed by atoms with Gasteiger partial charge in [0.05, 0.1) is 12.6 Å². The summed E-state index contributed by atoms with van der Waals surface area (Å²) in [6.45, 7) is 0. The summed E-state index contributed by atoms with van der Waals surface area (Å²) in [4.78, 5) is 15.6. The van der Waals surface area contributed by atoms with E-state index in [9.17, 15) is 4.79 Å². The maximum Gasteiger partial charge on any atom is 0.311 e. The minimum atomic E-state index is -0.908. The molecule has 0 radical (unpaired) electrons. The first-order valence-corrected chi connectivity index (χ1v) is 5.30. The minimum Gasteiger partial charge on any atom is -0.481 e. The molecule has 0 aliphatic carbocycles. The summed E-state index contributed by atoms with van der Waals surface area (Å²) in [5.74, 6) is 0.0524. The van der Waals surface area contributed by atoms with Gasteiger partial charge in [-0.25, -0.2) is 4.98 Å². The molecule has 0 bridgehead atoms. The topological polar surface area (TPSA) is 63.3 Å². The molecule has 0 aromatic carbocycles. The summed E-state index contributed by atoms with van der Waals surface area (Å²) < 4.78 is 5.28. The first-order chi connectivity index (χ1) is 7.24. The zero-order valence-corrected chi connectivity index (χ0v) is 8.66. The van der Waals surface area contributed by atoms with E-state index >= 15 is 0 Å². The van der Waals surface area contributed by atoms with Crippen molar-refractivity contribution in [3.05, 3.63) is 40.2 Å². The van der Waals surface area contributed by atoms with Crippen LogP contribution in [-0.4, -0.2) is 16.1 Å². The van der Waals surface area contributed by atoms with Crippen molar-refractivity contribution in [3.63, 3.8) is 0 Å². The fourth-order valence-corrected chi connectivity index (χ4v) is 1.92. The third kappa shape index (κ3) is 2.66. The normalized spacial score (nSPS) is 10.4. The van der Waals surface area contributed by atoms with Crippen molar-refractivity contribution < 1.29 is 14.3 Å². The number of oxazole rings is 1. The first kappa shape index (κ1) is 9.92. The largest absolute Gasteiger partial charge is 0.481 e. The molecule has 0 aliphatic rings. The molecule has 2 heterocycles. The van der Waals surface area contributed by atoms with Crippen LogP contribution in [0.5, 0.6) is 0 Å². The Labute approximate surface area is 90.2 Å². The number of carboxylic acid groups (broad SMARTS) is 1. The van der Waals surface area contributed by atoms with Crippen LogP contribution in [-0.2, 0) is 17.6 Å². The van der Waals surface area contributed by atoms with E-state index < -0.39 is 5.97 Å². The van der Waals surface area contributed by atoms with Crippen molar-refractivity contribution in [2.24, 2.45) is 0 Å². The van der Waals surface area contributed by atoms with Gasteiger partial charge in [0.25, 0.3) is 0 Å². The maximum absolute atomic E-state index is 10.4. The predicted molar refractivity (Wildman–Crippen MR) is 55.0 cm³/mol. The summed E-state index contributed by atoms with van der Waals surface area (Å²) in [7, 11) is 0. The molecule has 15 heavy (non-hydrogen) atoms. The summed E-state index contributed by atoms with van der Waals surface area (Å²) in [5.41, 5.74) is 0. The number of carbonyl (C=O) groups is 1. The number of hydrogen-bond donors (Lipinski definition) is 1. The molecule has 4 nitrogen and oxygen atoms in total. The average Bonchev–Trinajstić information content (AvgIpc) is 2.77. The number of nitrogens with zero attached hydrogens (tertiary/aromatic N) is 1. The van der Waals surface area contributed by atoms with Crippen molar-refractivity contribution in [1.29, 1.82) is 0 Å². The molecule has 78 valence electrons. The number of thiophene rings is 1. The Kier molecular flexibility index (Phi) is 2.82. The molecular formula is C10H9NO3S. The van der Waals surface area contributed by atoms with Crippen molar-refractivity contribution >= 4 is 17.3 Å². The molecule has 0 amide bonds. The second kappa shape index (κ2) is 4.27. The molecule has 1 N–H and O–H groups in total. The highest BCUT2D eigenvalue weighted by molar-refractivity contribution is 7.09. The highest BCUT2D eigenvalue weighted by Gasteiger charge is 2.08. The van der Waals surface area contributed by atoms with Gasteiger partial charge >= 0.3 is 5.97 Å². The SMILES string of the molecule is O=C(O)Cc1cnc(Cc2cccs2)o1. The van der Waals surface area contributed by atoms with Crippen LogP contribution in [0.15, 0.2) is 28.1 Å². The molecule has 0 saturated heterocycles. The maximum atomic E-state index is 10.4. The van der Waals surface area contributed by atoms with E-state index in [0.717, 1.165) is 4.88 Å². The van der Waals surface area contributed by atoms with Gasteiger partial charge in [-0.1, -0.05) is 6.07 Å². The van der Waals surface area contributed by atoms with Crippen LogP contribution >= 0.6 is 11.3 Å². The third-order valence-electron chi connectivity index (χ3n) is 1.83. The van der Waals surface area contributed by atoms with E-state index in [-0.39, 0.29) is 6.42 Å². The van der Waals surface area contributed by atoms with E-state index in [1.54, 1.807) is 11.3 Å². The lowest BCUT2D eigenvalue weighted by molar-refractivity contribution is -0.136. The van der Waals surface area contributed by atoms with Crippen LogP contribution in [0.2, 0.25) is 0 Å². The summed E-state index contributed by atoms with van der Waals surface area (Å²) in [6, 6.07) is 3.95. The van der Waals surface area contributed by atoms with E-state index in [1.165, 1.54) is 6.20 Å². The lowest BCUT2D eigenvalue weighted by Crippen LogP contribution is -1.98. The molecule has 0 atom stereocenters. The van der Waals surface area contributed by atoms with Gasteiger partial charge in [-0.15, -0.1) is 11.3 Å². The van der Waals surface area contributed by atoms with Gasteiger partial charge in [0, 0.05) is 4.88 Å². The lowest BCUT2D eigenvalue weighted by atomic mass is 10.3. The summed E-state index contributed by atoms with van der Waals surface area (Å²) in [5, 5.41) is 10.5. The van der Waals surface area contributed by atoms with Gasteiger partial charge < -0.3 is 9.52 Å². The van der Waals surface area contributed by atoms with Gasteiger partial charge in [0.2, 0.25) is 0 Å². The standard InChI is InChI=1S/C10H9NO3S/c12-10(13)4-7-6-11-9(14-7)5-8-2-1-3-15-8/h1-3,6H,4-5H2,(H,12,13). The quantitative estimate of drug-likeness (QED) is 0.860. The second-order valence-corrected chi connectivity index (χ2v) is 4.08. The predicted octanol–water partition coefficient (Wildman–Crippen LogP) is 1.95. The molecular weight excluding hydrogens is 214 g/mol. The van der Waals surface area contributed by atoms with Crippen LogP contribution in [0.3, 0.4) is 0 Å². The number of aliphatic carboxylic acids is 1. The monoisotopic (exact) mass is 223 g/mol. The van der Waals surface area contributed by atoms with E-state index in [2.05, 4.69) is 4.98 Å². The third-order valence-corrected chi connectivity index (χ3v) is 2.71. The highest BCUT2D eigenvalue weighted by Crippen LogP contribution is 2.15. The molecule has 2 rings (SSSR count). The van der Waals surface area contributed by atoms with E-state index in [0.29, 0.717) is 18.1 Å². The van der Waals surface area contributed by atoms with Crippen LogP contribution in [0.4, 0.5) is 0 Å². The van der Waals surface area contributed by atoms with Gasteiger partial charge in [0.1, 0.15) is 12.2 Å². The fourth-order valence-electron chi connectivity index (χ4n) is 1.22. The lowest BCUT2D eigenvalue weighted by Gasteiger charge is -1.91. The Morgan fingerprint density at radius 1 is 1.60 bits per heavy atom. The first-order valence-electron chi connectivity index (χ1n) is 4.42. The van der Waals surface area contributed by atoms with Gasteiger partial charge in [-0.2, -0.15) is 0 Å². The molecule has 5 heteroatoms. The van der Waals surface area contributed by atoms with Crippen molar-refractivity contribution in [2.45, 2.75) is 12.8 Å². The smallest absolute Gasteiger partial charge is 0.311 e. The Bertz CT molecular complexity index is 447. The van der Waals surface area contributed by atoms with Crippen LogP contribution in [0.1, 0.15) is 16.5 Å². The summed E-state index contributed by atoms with van der Waals surface area (Å²) in [6.07, 6.45) is 1.98. The number of carboxylic acids is 1. The van der Waals surface area contributed by atoms with E-state index in [1.807, 2.05) is 17.5 Å². The van der Waals surface area contributed by atoms with Crippen LogP contribution in [0.25, 0.3) is 0 Å². The van der Waals surface area contributed by atoms with E-state index in [4.69, 9.17) is 9.52 Å². The van der Waals surface area contributed by atoms with Gasteiger partial charge in [0.15, 0.2) is 5.89 Å². The number of hydrogen-bond acceptors (Lipinski definition) is 4. The number of rotatable bonds is 4. The van der Waals surface area contributed by atoms with Crippen molar-refractivity contribution in [1.82, 2.24) is 4.98 Å².